The van der Waals surface area contributed by atoms with Crippen LogP contribution >= 0.6 is 15.9 Å². The van der Waals surface area contributed by atoms with Crippen molar-refractivity contribution in [1.29, 1.82) is 0 Å². The van der Waals surface area contributed by atoms with Crippen molar-refractivity contribution in [3.8, 4) is 0 Å². The normalized spacial score (nSPS) is 12.5. The Kier molecular flexibility index (Phi) is 6.36. The molecule has 0 aliphatic carbocycles. The molecule has 1 rings (SSSR count). The Morgan fingerprint density at radius 1 is 1.44 bits per heavy atom. The summed E-state index contributed by atoms with van der Waals surface area (Å²) in [6.07, 6.45) is 0. The van der Waals surface area contributed by atoms with Gasteiger partial charge in [-0.05, 0) is 37.1 Å². The van der Waals surface area contributed by atoms with Crippen LogP contribution in [0.15, 0.2) is 28.7 Å². The zero-order chi connectivity index (χ0) is 13.5. The molecule has 0 aromatic heterocycles. The first-order chi connectivity index (χ1) is 8.54. The molecule has 4 heteroatoms. The quantitative estimate of drug-likeness (QED) is 0.819. The highest BCUT2D eigenvalue weighted by atomic mass is 79.9. The lowest BCUT2D eigenvalue weighted by Crippen LogP contribution is -2.32. The predicted octanol–water partition coefficient (Wildman–Crippen LogP) is 3.30. The Morgan fingerprint density at radius 3 is 2.72 bits per heavy atom. The minimum absolute atomic E-state index is 0.226. The first kappa shape index (κ1) is 15.2. The van der Waals surface area contributed by atoms with E-state index in [1.54, 1.807) is 0 Å². The summed E-state index contributed by atoms with van der Waals surface area (Å²) in [5.74, 6) is 0.255. The van der Waals surface area contributed by atoms with Crippen LogP contribution < -0.4 is 5.32 Å². The van der Waals surface area contributed by atoms with Gasteiger partial charge in [0.2, 0.25) is 0 Å². The van der Waals surface area contributed by atoms with Gasteiger partial charge < -0.3 is 10.1 Å². The Labute approximate surface area is 117 Å². The van der Waals surface area contributed by atoms with Gasteiger partial charge in [0.25, 0.3) is 0 Å². The number of benzene rings is 1. The van der Waals surface area contributed by atoms with Crippen molar-refractivity contribution in [3.63, 3.8) is 0 Å². The van der Waals surface area contributed by atoms with Crippen LogP contribution in [-0.4, -0.2) is 19.1 Å². The number of ether oxygens (including phenoxy) is 1. The maximum Gasteiger partial charge on any atom is 0.327 e. The van der Waals surface area contributed by atoms with E-state index in [2.05, 4.69) is 35.1 Å². The Hall–Kier alpha value is -0.870. The van der Waals surface area contributed by atoms with Gasteiger partial charge in [0.05, 0.1) is 6.61 Å². The highest BCUT2D eigenvalue weighted by molar-refractivity contribution is 9.10. The average molecular weight is 314 g/mol. The minimum Gasteiger partial charge on any atom is -0.465 e. The number of nitrogens with one attached hydrogen (secondary N) is 1. The Bertz CT molecular complexity index is 393. The SMILES string of the molecule is CCOC(=O)C(NCC(C)C)c1cccc(Br)c1. The molecule has 0 saturated carbocycles. The molecule has 0 radical (unpaired) electrons. The number of carbonyl (C=O) groups is 1. The summed E-state index contributed by atoms with van der Waals surface area (Å²) in [7, 11) is 0. The molecule has 0 heterocycles. The van der Waals surface area contributed by atoms with Gasteiger partial charge in [-0.2, -0.15) is 0 Å². The zero-order valence-corrected chi connectivity index (χ0v) is 12.7. The summed E-state index contributed by atoms with van der Waals surface area (Å²) in [4.78, 5) is 12.0. The van der Waals surface area contributed by atoms with Crippen LogP contribution in [0.4, 0.5) is 0 Å². The van der Waals surface area contributed by atoms with Crippen molar-refractivity contribution in [3.05, 3.63) is 34.3 Å². The van der Waals surface area contributed by atoms with Crippen molar-refractivity contribution in [2.24, 2.45) is 5.92 Å². The molecule has 3 nitrogen and oxygen atoms in total. The van der Waals surface area contributed by atoms with Gasteiger partial charge in [0, 0.05) is 4.47 Å². The van der Waals surface area contributed by atoms with Crippen molar-refractivity contribution in [1.82, 2.24) is 5.32 Å². The summed E-state index contributed by atoms with van der Waals surface area (Å²) in [6, 6.07) is 7.33. The highest BCUT2D eigenvalue weighted by Crippen LogP contribution is 2.19. The molecule has 1 aromatic carbocycles. The second-order valence-electron chi connectivity index (χ2n) is 4.54. The van der Waals surface area contributed by atoms with Gasteiger partial charge in [-0.25, -0.2) is 4.79 Å². The second-order valence-corrected chi connectivity index (χ2v) is 5.46. The van der Waals surface area contributed by atoms with Crippen molar-refractivity contribution >= 4 is 21.9 Å². The summed E-state index contributed by atoms with van der Waals surface area (Å²) < 4.78 is 6.07. The van der Waals surface area contributed by atoms with Crippen molar-refractivity contribution in [2.75, 3.05) is 13.2 Å². The van der Waals surface area contributed by atoms with Crippen LogP contribution in [0.2, 0.25) is 0 Å². The number of esters is 1. The van der Waals surface area contributed by atoms with E-state index in [0.717, 1.165) is 16.6 Å². The Morgan fingerprint density at radius 2 is 2.17 bits per heavy atom. The number of hydrogen-bond acceptors (Lipinski definition) is 3. The number of hydrogen-bond donors (Lipinski definition) is 1. The van der Waals surface area contributed by atoms with Crippen LogP contribution in [0.3, 0.4) is 0 Å². The molecule has 0 saturated heterocycles. The molecule has 1 N–H and O–H groups in total. The lowest BCUT2D eigenvalue weighted by Gasteiger charge is -2.19. The van der Waals surface area contributed by atoms with Gasteiger partial charge in [-0.15, -0.1) is 0 Å². The molecule has 1 aromatic rings. The predicted molar refractivity (Wildman–Crippen MR) is 76.4 cm³/mol. The zero-order valence-electron chi connectivity index (χ0n) is 11.1. The molecule has 100 valence electrons. The van der Waals surface area contributed by atoms with E-state index in [-0.39, 0.29) is 5.97 Å². The third-order valence-electron chi connectivity index (χ3n) is 2.43. The molecule has 0 bridgehead atoms. The van der Waals surface area contributed by atoms with Crippen LogP contribution in [0.1, 0.15) is 32.4 Å². The topological polar surface area (TPSA) is 38.3 Å². The maximum absolute atomic E-state index is 12.0. The van der Waals surface area contributed by atoms with Gasteiger partial charge in [-0.1, -0.05) is 41.9 Å². The summed E-state index contributed by atoms with van der Waals surface area (Å²) in [5.41, 5.74) is 0.920. The monoisotopic (exact) mass is 313 g/mol. The van der Waals surface area contributed by atoms with Gasteiger partial charge >= 0.3 is 5.97 Å². The third kappa shape index (κ3) is 4.78. The van der Waals surface area contributed by atoms with Crippen LogP contribution in [0.5, 0.6) is 0 Å². The molecule has 0 aliphatic heterocycles. The van der Waals surface area contributed by atoms with Crippen LogP contribution in [0, 0.1) is 5.92 Å². The summed E-state index contributed by atoms with van der Waals surface area (Å²) in [6.45, 7) is 7.20. The van der Waals surface area contributed by atoms with Crippen LogP contribution in [0.25, 0.3) is 0 Å². The molecule has 0 spiro atoms. The van der Waals surface area contributed by atoms with E-state index in [0.29, 0.717) is 12.5 Å². The number of halogens is 1. The molecule has 0 fully saturated rings. The fourth-order valence-electron chi connectivity index (χ4n) is 1.60. The first-order valence-corrected chi connectivity index (χ1v) is 6.99. The fourth-order valence-corrected chi connectivity index (χ4v) is 2.02. The smallest absolute Gasteiger partial charge is 0.327 e. The van der Waals surface area contributed by atoms with E-state index >= 15 is 0 Å². The third-order valence-corrected chi connectivity index (χ3v) is 2.93. The summed E-state index contributed by atoms with van der Waals surface area (Å²) in [5, 5.41) is 3.25. The molecule has 18 heavy (non-hydrogen) atoms. The van der Waals surface area contributed by atoms with Gasteiger partial charge in [0.15, 0.2) is 0 Å². The average Bonchev–Trinajstić information content (AvgIpc) is 2.29. The molecule has 0 aliphatic rings. The fraction of sp³-hybridized carbons (Fsp3) is 0.500. The molecular formula is C14H20BrNO2. The molecule has 1 atom stereocenters. The minimum atomic E-state index is -0.398. The van der Waals surface area contributed by atoms with Gasteiger partial charge in [0.1, 0.15) is 6.04 Å². The summed E-state index contributed by atoms with van der Waals surface area (Å²) >= 11 is 3.42. The van der Waals surface area contributed by atoms with E-state index in [1.807, 2.05) is 31.2 Å². The Balaban J connectivity index is 2.85. The molecule has 0 amide bonds. The molecule has 1 unspecified atom stereocenters. The lowest BCUT2D eigenvalue weighted by atomic mass is 10.1. The van der Waals surface area contributed by atoms with Crippen molar-refractivity contribution < 1.29 is 9.53 Å². The van der Waals surface area contributed by atoms with Crippen molar-refractivity contribution in [2.45, 2.75) is 26.8 Å². The second kappa shape index (κ2) is 7.54. The van der Waals surface area contributed by atoms with E-state index < -0.39 is 6.04 Å². The van der Waals surface area contributed by atoms with E-state index in [4.69, 9.17) is 4.74 Å². The molecular weight excluding hydrogens is 294 g/mol. The number of carbonyl (C=O) groups excluding carboxylic acids is 1. The standard InChI is InChI=1S/C14H20BrNO2/c1-4-18-14(17)13(16-9-10(2)3)11-6-5-7-12(15)8-11/h5-8,10,13,16H,4,9H2,1-3H3. The first-order valence-electron chi connectivity index (χ1n) is 6.20. The van der Waals surface area contributed by atoms with Crippen LogP contribution in [-0.2, 0) is 9.53 Å². The van der Waals surface area contributed by atoms with E-state index in [9.17, 15) is 4.79 Å². The largest absolute Gasteiger partial charge is 0.465 e. The van der Waals surface area contributed by atoms with E-state index in [1.165, 1.54) is 0 Å². The highest BCUT2D eigenvalue weighted by Gasteiger charge is 2.21. The number of rotatable bonds is 6. The lowest BCUT2D eigenvalue weighted by molar-refractivity contribution is -0.145. The maximum atomic E-state index is 12.0. The van der Waals surface area contributed by atoms with Gasteiger partial charge in [-0.3, -0.25) is 0 Å².